The molecule has 0 bridgehead atoms. The standard InChI is InChI=1S/C14H21N3O3S.C4H6O4/c1-15-20-21(18,19)12-5-6-14-13(9-12)11(10-17(14)4)7-8-16(2)3;5-3(6)1-2-4(7)8/h5-6,9-10,15H,7-8H2,1-4H3;1-2H2,(H,5,6)(H,7,8). The zero-order chi connectivity index (χ0) is 22.2. The first-order chi connectivity index (χ1) is 13.5. The summed E-state index contributed by atoms with van der Waals surface area (Å²) in [5.74, 6) is -2.15. The van der Waals surface area contributed by atoms with Crippen LogP contribution >= 0.6 is 0 Å². The van der Waals surface area contributed by atoms with Crippen LogP contribution in [0, 0.1) is 0 Å². The maximum Gasteiger partial charge on any atom is 0.312 e. The molecule has 1 aromatic carbocycles. The number of nitrogens with one attached hydrogen (secondary N) is 1. The zero-order valence-corrected chi connectivity index (χ0v) is 17.7. The van der Waals surface area contributed by atoms with Gasteiger partial charge in [0.1, 0.15) is 0 Å². The van der Waals surface area contributed by atoms with E-state index in [1.165, 1.54) is 7.05 Å². The first-order valence-electron chi connectivity index (χ1n) is 8.74. The van der Waals surface area contributed by atoms with E-state index in [9.17, 15) is 18.0 Å². The minimum Gasteiger partial charge on any atom is -0.481 e. The first kappa shape index (κ1) is 24.6. The number of likely N-dealkylation sites (N-methyl/N-ethyl adjacent to an activating group) is 1. The first-order valence-corrected chi connectivity index (χ1v) is 10.1. The van der Waals surface area contributed by atoms with Crippen molar-refractivity contribution in [2.45, 2.75) is 24.2 Å². The molecule has 1 aromatic heterocycles. The van der Waals surface area contributed by atoms with Crippen LogP contribution in [0.25, 0.3) is 10.9 Å². The number of aromatic nitrogens is 1. The van der Waals surface area contributed by atoms with Gasteiger partial charge in [-0.2, -0.15) is 18.2 Å². The Morgan fingerprint density at radius 2 is 1.76 bits per heavy atom. The van der Waals surface area contributed by atoms with Crippen molar-refractivity contribution >= 4 is 33.0 Å². The van der Waals surface area contributed by atoms with E-state index in [2.05, 4.69) is 14.7 Å². The molecule has 0 saturated heterocycles. The van der Waals surface area contributed by atoms with Gasteiger partial charge in [-0.05, 0) is 44.3 Å². The monoisotopic (exact) mass is 429 g/mol. The van der Waals surface area contributed by atoms with Crippen molar-refractivity contribution in [3.63, 3.8) is 0 Å². The maximum atomic E-state index is 12.0. The lowest BCUT2D eigenvalue weighted by Gasteiger charge is -2.08. The van der Waals surface area contributed by atoms with Gasteiger partial charge in [0.2, 0.25) is 0 Å². The Morgan fingerprint density at radius 3 is 2.24 bits per heavy atom. The molecule has 29 heavy (non-hydrogen) atoms. The Morgan fingerprint density at radius 1 is 1.17 bits per heavy atom. The molecule has 0 fully saturated rings. The summed E-state index contributed by atoms with van der Waals surface area (Å²) in [5, 5.41) is 16.7. The predicted octanol–water partition coefficient (Wildman–Crippen LogP) is 1.06. The summed E-state index contributed by atoms with van der Waals surface area (Å²) in [6.45, 7) is 0.906. The van der Waals surface area contributed by atoms with Gasteiger partial charge in [0.15, 0.2) is 0 Å². The number of aliphatic carboxylic acids is 2. The van der Waals surface area contributed by atoms with Crippen molar-refractivity contribution in [3.8, 4) is 0 Å². The Hall–Kier alpha value is -2.47. The van der Waals surface area contributed by atoms with Crippen LogP contribution in [-0.2, 0) is 37.5 Å². The number of hydrogen-bond acceptors (Lipinski definition) is 7. The van der Waals surface area contributed by atoms with Gasteiger partial charge in [-0.3, -0.25) is 9.59 Å². The highest BCUT2D eigenvalue weighted by Crippen LogP contribution is 2.25. The third-order valence-electron chi connectivity index (χ3n) is 3.91. The Balaban J connectivity index is 0.000000447. The second-order valence-corrected chi connectivity index (χ2v) is 8.07. The van der Waals surface area contributed by atoms with Gasteiger partial charge in [-0.15, -0.1) is 0 Å². The third kappa shape index (κ3) is 7.81. The number of hydrogen-bond donors (Lipinski definition) is 3. The van der Waals surface area contributed by atoms with E-state index < -0.39 is 22.1 Å². The number of hydroxylamine groups is 1. The zero-order valence-electron chi connectivity index (χ0n) is 16.9. The lowest BCUT2D eigenvalue weighted by molar-refractivity contribution is -0.143. The second-order valence-electron chi connectivity index (χ2n) is 6.53. The average molecular weight is 429 g/mol. The molecule has 0 atom stereocenters. The number of carbonyl (C=O) groups is 2. The smallest absolute Gasteiger partial charge is 0.312 e. The van der Waals surface area contributed by atoms with Crippen LogP contribution in [0.5, 0.6) is 0 Å². The van der Waals surface area contributed by atoms with Gasteiger partial charge >= 0.3 is 22.1 Å². The molecular weight excluding hydrogens is 402 g/mol. The molecule has 0 saturated carbocycles. The van der Waals surface area contributed by atoms with Crippen LogP contribution < -0.4 is 5.48 Å². The van der Waals surface area contributed by atoms with E-state index in [4.69, 9.17) is 10.2 Å². The Labute approximate surface area is 169 Å². The highest BCUT2D eigenvalue weighted by atomic mass is 32.2. The molecule has 0 aliphatic heterocycles. The van der Waals surface area contributed by atoms with E-state index in [1.54, 1.807) is 18.2 Å². The van der Waals surface area contributed by atoms with Gasteiger partial charge in [0, 0.05) is 37.7 Å². The number of aryl methyl sites for hydroxylation is 1. The lowest BCUT2D eigenvalue weighted by Crippen LogP contribution is -2.16. The summed E-state index contributed by atoms with van der Waals surface area (Å²) >= 11 is 0. The van der Waals surface area contributed by atoms with Crippen molar-refractivity contribution in [3.05, 3.63) is 30.0 Å². The topological polar surface area (TPSA) is 138 Å². The molecule has 3 N–H and O–H groups in total. The van der Waals surface area contributed by atoms with Crippen molar-refractivity contribution in [2.75, 3.05) is 27.7 Å². The van der Waals surface area contributed by atoms with Gasteiger partial charge in [-0.1, -0.05) is 0 Å². The molecule has 0 radical (unpaired) electrons. The summed E-state index contributed by atoms with van der Waals surface area (Å²) in [7, 11) is 3.64. The van der Waals surface area contributed by atoms with E-state index >= 15 is 0 Å². The molecule has 0 aliphatic rings. The highest BCUT2D eigenvalue weighted by molar-refractivity contribution is 7.86. The molecule has 0 aliphatic carbocycles. The number of carboxylic acids is 2. The summed E-state index contributed by atoms with van der Waals surface area (Å²) in [6, 6.07) is 5.04. The van der Waals surface area contributed by atoms with E-state index in [1.807, 2.05) is 31.9 Å². The van der Waals surface area contributed by atoms with E-state index in [0.29, 0.717) is 0 Å². The van der Waals surface area contributed by atoms with Gasteiger partial charge in [0.25, 0.3) is 0 Å². The van der Waals surface area contributed by atoms with Crippen LogP contribution in [0.3, 0.4) is 0 Å². The van der Waals surface area contributed by atoms with Gasteiger partial charge in [-0.25, -0.2) is 0 Å². The summed E-state index contributed by atoms with van der Waals surface area (Å²) < 4.78 is 30.5. The Bertz CT molecular complexity index is 938. The number of rotatable bonds is 9. The molecule has 1 heterocycles. The molecule has 11 heteroatoms. The van der Waals surface area contributed by atoms with Crippen LogP contribution in [0.2, 0.25) is 0 Å². The molecule has 0 spiro atoms. The van der Waals surface area contributed by atoms with Crippen molar-refractivity contribution < 1.29 is 32.5 Å². The lowest BCUT2D eigenvalue weighted by atomic mass is 10.1. The molecule has 2 aromatic rings. The molecule has 10 nitrogen and oxygen atoms in total. The van der Waals surface area contributed by atoms with Crippen LogP contribution in [0.4, 0.5) is 0 Å². The largest absolute Gasteiger partial charge is 0.481 e. The average Bonchev–Trinajstić information content (AvgIpc) is 2.94. The number of carboxylic acid groups (broad SMARTS) is 2. The van der Waals surface area contributed by atoms with Crippen molar-refractivity contribution in [2.24, 2.45) is 7.05 Å². The number of nitrogens with zero attached hydrogens (tertiary/aromatic N) is 2. The minimum atomic E-state index is -3.77. The van der Waals surface area contributed by atoms with E-state index in [-0.39, 0.29) is 17.7 Å². The molecule has 162 valence electrons. The third-order valence-corrected chi connectivity index (χ3v) is 5.12. The molecular formula is C18H27N3O7S. The fourth-order valence-corrected chi connectivity index (χ4v) is 3.34. The summed E-state index contributed by atoms with van der Waals surface area (Å²) in [4.78, 5) is 21.5. The fraction of sp³-hybridized carbons (Fsp3) is 0.444. The minimum absolute atomic E-state index is 0.154. The predicted molar refractivity (Wildman–Crippen MR) is 107 cm³/mol. The molecule has 0 amide bonds. The van der Waals surface area contributed by atoms with Crippen LogP contribution in [0.15, 0.2) is 29.3 Å². The maximum absolute atomic E-state index is 12.0. The quantitative estimate of drug-likeness (QED) is 0.499. The SMILES string of the molecule is CNOS(=O)(=O)c1ccc2c(c1)c(CCN(C)C)cn2C.O=C(O)CCC(=O)O. The molecule has 0 unspecified atom stereocenters. The van der Waals surface area contributed by atoms with Crippen molar-refractivity contribution in [1.29, 1.82) is 0 Å². The van der Waals surface area contributed by atoms with Gasteiger partial charge < -0.3 is 19.7 Å². The number of fused-ring (bicyclic) bond motifs is 1. The van der Waals surface area contributed by atoms with Gasteiger partial charge in [0.05, 0.1) is 17.7 Å². The summed E-state index contributed by atoms with van der Waals surface area (Å²) in [5.41, 5.74) is 4.35. The summed E-state index contributed by atoms with van der Waals surface area (Å²) in [6.07, 6.45) is 2.31. The van der Waals surface area contributed by atoms with Crippen LogP contribution in [-0.4, -0.2) is 67.7 Å². The van der Waals surface area contributed by atoms with Crippen molar-refractivity contribution in [1.82, 2.24) is 14.9 Å². The fourth-order valence-electron chi connectivity index (χ4n) is 2.52. The Kier molecular flexibility index (Phi) is 9.24. The second kappa shape index (κ2) is 10.9. The number of benzene rings is 1. The normalized spacial score (nSPS) is 11.3. The highest BCUT2D eigenvalue weighted by Gasteiger charge is 2.17. The van der Waals surface area contributed by atoms with E-state index in [0.717, 1.165) is 29.4 Å². The molecule has 2 rings (SSSR count). The van der Waals surface area contributed by atoms with Crippen LogP contribution in [0.1, 0.15) is 18.4 Å².